The molecule has 0 aromatic heterocycles. The van der Waals surface area contributed by atoms with E-state index in [1.807, 2.05) is 13.8 Å². The highest BCUT2D eigenvalue weighted by atomic mass is 16.5. The number of ether oxygens (including phenoxy) is 1. The SMILES string of the molecule is CC(C)OC(=O)[C@]1(C2CCCCCC2)CCCN1. The monoisotopic (exact) mass is 253 g/mol. The van der Waals surface area contributed by atoms with Gasteiger partial charge in [-0.1, -0.05) is 25.7 Å². The summed E-state index contributed by atoms with van der Waals surface area (Å²) >= 11 is 0. The highest BCUT2D eigenvalue weighted by Gasteiger charge is 2.48. The van der Waals surface area contributed by atoms with E-state index in [9.17, 15) is 4.79 Å². The zero-order valence-electron chi connectivity index (χ0n) is 11.8. The number of hydrogen-bond donors (Lipinski definition) is 1. The molecule has 0 unspecified atom stereocenters. The van der Waals surface area contributed by atoms with Gasteiger partial charge >= 0.3 is 5.97 Å². The number of carbonyl (C=O) groups excluding carboxylic acids is 1. The summed E-state index contributed by atoms with van der Waals surface area (Å²) in [5.74, 6) is 0.482. The fraction of sp³-hybridized carbons (Fsp3) is 0.933. The first-order valence-corrected chi connectivity index (χ1v) is 7.61. The van der Waals surface area contributed by atoms with Crippen molar-refractivity contribution in [2.75, 3.05) is 6.54 Å². The Kier molecular flexibility index (Phi) is 4.66. The van der Waals surface area contributed by atoms with Crippen molar-refractivity contribution < 1.29 is 9.53 Å². The van der Waals surface area contributed by atoms with Gasteiger partial charge in [-0.25, -0.2) is 0 Å². The lowest BCUT2D eigenvalue weighted by Crippen LogP contribution is -2.55. The van der Waals surface area contributed by atoms with Crippen LogP contribution in [0.15, 0.2) is 0 Å². The molecule has 104 valence electrons. The van der Waals surface area contributed by atoms with Gasteiger partial charge in [0, 0.05) is 0 Å². The van der Waals surface area contributed by atoms with Crippen molar-refractivity contribution in [2.24, 2.45) is 5.92 Å². The Balaban J connectivity index is 2.11. The van der Waals surface area contributed by atoms with E-state index < -0.39 is 0 Å². The molecule has 0 bridgehead atoms. The van der Waals surface area contributed by atoms with Crippen LogP contribution in [-0.4, -0.2) is 24.2 Å². The van der Waals surface area contributed by atoms with E-state index >= 15 is 0 Å². The quantitative estimate of drug-likeness (QED) is 0.620. The number of carbonyl (C=O) groups is 1. The minimum absolute atomic E-state index is 0.00176. The summed E-state index contributed by atoms with van der Waals surface area (Å²) in [6.07, 6.45) is 9.60. The van der Waals surface area contributed by atoms with Gasteiger partial charge in [-0.05, 0) is 52.0 Å². The van der Waals surface area contributed by atoms with Crippen molar-refractivity contribution in [1.82, 2.24) is 5.32 Å². The van der Waals surface area contributed by atoms with Gasteiger partial charge in [-0.3, -0.25) is 4.79 Å². The van der Waals surface area contributed by atoms with Gasteiger partial charge in [0.1, 0.15) is 5.54 Å². The van der Waals surface area contributed by atoms with Crippen LogP contribution < -0.4 is 5.32 Å². The van der Waals surface area contributed by atoms with Crippen LogP contribution in [0.3, 0.4) is 0 Å². The van der Waals surface area contributed by atoms with Gasteiger partial charge < -0.3 is 10.1 Å². The molecule has 2 aliphatic rings. The summed E-state index contributed by atoms with van der Waals surface area (Å²) in [5.41, 5.74) is -0.366. The van der Waals surface area contributed by atoms with Crippen LogP contribution in [0, 0.1) is 5.92 Å². The minimum Gasteiger partial charge on any atom is -0.462 e. The van der Waals surface area contributed by atoms with E-state index in [-0.39, 0.29) is 17.6 Å². The van der Waals surface area contributed by atoms with E-state index in [4.69, 9.17) is 4.74 Å². The number of esters is 1. The summed E-state index contributed by atoms with van der Waals surface area (Å²) in [7, 11) is 0. The Morgan fingerprint density at radius 2 is 1.83 bits per heavy atom. The summed E-state index contributed by atoms with van der Waals surface area (Å²) in [5, 5.41) is 3.50. The number of hydrogen-bond acceptors (Lipinski definition) is 3. The molecule has 18 heavy (non-hydrogen) atoms. The van der Waals surface area contributed by atoms with Crippen LogP contribution in [0.2, 0.25) is 0 Å². The Morgan fingerprint density at radius 3 is 2.33 bits per heavy atom. The lowest BCUT2D eigenvalue weighted by molar-refractivity contribution is -0.158. The van der Waals surface area contributed by atoms with E-state index in [1.54, 1.807) is 0 Å². The zero-order valence-corrected chi connectivity index (χ0v) is 11.8. The molecule has 0 aromatic rings. The van der Waals surface area contributed by atoms with Gasteiger partial charge in [0.2, 0.25) is 0 Å². The van der Waals surface area contributed by atoms with Gasteiger partial charge in [-0.2, -0.15) is 0 Å². The first-order valence-electron chi connectivity index (χ1n) is 7.61. The standard InChI is InChI=1S/C15H27NO2/c1-12(2)18-14(17)15(10-7-11-16-15)13-8-5-3-4-6-9-13/h12-13,16H,3-11H2,1-2H3/t15-/m1/s1. The molecule has 1 saturated carbocycles. The van der Waals surface area contributed by atoms with Crippen molar-refractivity contribution in [3.05, 3.63) is 0 Å². The van der Waals surface area contributed by atoms with Crippen LogP contribution in [0.4, 0.5) is 0 Å². The van der Waals surface area contributed by atoms with Gasteiger partial charge in [0.25, 0.3) is 0 Å². The third kappa shape index (κ3) is 2.87. The molecular weight excluding hydrogens is 226 g/mol. The molecule has 1 atom stereocenters. The van der Waals surface area contributed by atoms with Crippen molar-refractivity contribution in [2.45, 2.75) is 76.9 Å². The molecule has 3 nitrogen and oxygen atoms in total. The van der Waals surface area contributed by atoms with Crippen LogP contribution in [0.5, 0.6) is 0 Å². The van der Waals surface area contributed by atoms with Crippen LogP contribution in [0.1, 0.15) is 65.2 Å². The van der Waals surface area contributed by atoms with Crippen molar-refractivity contribution >= 4 is 5.97 Å². The third-order valence-electron chi connectivity index (χ3n) is 4.45. The maximum atomic E-state index is 12.5. The number of rotatable bonds is 3. The first-order chi connectivity index (χ1) is 8.65. The Morgan fingerprint density at radius 1 is 1.17 bits per heavy atom. The summed E-state index contributed by atoms with van der Waals surface area (Å²) < 4.78 is 5.53. The van der Waals surface area contributed by atoms with Crippen LogP contribution in [-0.2, 0) is 9.53 Å². The minimum atomic E-state index is -0.366. The molecule has 2 fully saturated rings. The average Bonchev–Trinajstić information content (AvgIpc) is 2.66. The molecule has 1 aliphatic heterocycles. The molecule has 3 heteroatoms. The maximum absolute atomic E-state index is 12.5. The van der Waals surface area contributed by atoms with Crippen LogP contribution >= 0.6 is 0 Å². The van der Waals surface area contributed by atoms with Gasteiger partial charge in [0.15, 0.2) is 0 Å². The highest BCUT2D eigenvalue weighted by Crippen LogP contribution is 2.38. The molecule has 2 rings (SSSR count). The molecule has 1 N–H and O–H groups in total. The van der Waals surface area contributed by atoms with Crippen molar-refractivity contribution in [1.29, 1.82) is 0 Å². The van der Waals surface area contributed by atoms with E-state index in [0.29, 0.717) is 5.92 Å². The molecule has 1 heterocycles. The Bertz CT molecular complexity index is 274. The van der Waals surface area contributed by atoms with E-state index in [0.717, 1.165) is 19.4 Å². The van der Waals surface area contributed by atoms with Gasteiger partial charge in [-0.15, -0.1) is 0 Å². The molecule has 0 aromatic carbocycles. The highest BCUT2D eigenvalue weighted by molar-refractivity contribution is 5.82. The third-order valence-corrected chi connectivity index (χ3v) is 4.45. The largest absolute Gasteiger partial charge is 0.462 e. The summed E-state index contributed by atoms with van der Waals surface area (Å²) in [6, 6.07) is 0. The zero-order chi connectivity index (χ0) is 13.0. The molecule has 0 amide bonds. The molecule has 1 aliphatic carbocycles. The maximum Gasteiger partial charge on any atom is 0.326 e. The molecule has 1 saturated heterocycles. The first kappa shape index (κ1) is 13.9. The Labute approximate surface area is 111 Å². The second kappa shape index (κ2) is 6.05. The average molecular weight is 253 g/mol. The lowest BCUT2D eigenvalue weighted by Gasteiger charge is -2.35. The Hall–Kier alpha value is -0.570. The fourth-order valence-electron chi connectivity index (χ4n) is 3.55. The topological polar surface area (TPSA) is 38.3 Å². The number of nitrogens with one attached hydrogen (secondary N) is 1. The lowest BCUT2D eigenvalue weighted by atomic mass is 9.78. The second-order valence-electron chi connectivity index (χ2n) is 6.14. The van der Waals surface area contributed by atoms with Crippen molar-refractivity contribution in [3.63, 3.8) is 0 Å². The van der Waals surface area contributed by atoms with Crippen LogP contribution in [0.25, 0.3) is 0 Å². The fourth-order valence-corrected chi connectivity index (χ4v) is 3.55. The molecular formula is C15H27NO2. The molecule has 0 spiro atoms. The smallest absolute Gasteiger partial charge is 0.326 e. The predicted octanol–water partition coefficient (Wildman–Crippen LogP) is 3.03. The predicted molar refractivity (Wildman–Crippen MR) is 72.4 cm³/mol. The summed E-state index contributed by atoms with van der Waals surface area (Å²) in [6.45, 7) is 4.84. The van der Waals surface area contributed by atoms with E-state index in [2.05, 4.69) is 5.32 Å². The normalized spacial score (nSPS) is 30.4. The van der Waals surface area contributed by atoms with E-state index in [1.165, 1.54) is 38.5 Å². The molecule has 0 radical (unpaired) electrons. The second-order valence-corrected chi connectivity index (χ2v) is 6.14. The summed E-state index contributed by atoms with van der Waals surface area (Å²) in [4.78, 5) is 12.5. The van der Waals surface area contributed by atoms with Crippen molar-refractivity contribution in [3.8, 4) is 0 Å². The van der Waals surface area contributed by atoms with Gasteiger partial charge in [0.05, 0.1) is 6.10 Å².